The highest BCUT2D eigenvalue weighted by Gasteiger charge is 2.51. The highest BCUT2D eigenvalue weighted by Crippen LogP contribution is 2.40. The van der Waals surface area contributed by atoms with Gasteiger partial charge in [0.2, 0.25) is 18.6 Å². The van der Waals surface area contributed by atoms with Crippen molar-refractivity contribution in [2.75, 3.05) is 6.86 Å². The minimum Gasteiger partial charge on any atom is -0.457 e. The Morgan fingerprint density at radius 1 is 1.03 bits per heavy atom. The Labute approximate surface area is 213 Å². The van der Waals surface area contributed by atoms with Crippen molar-refractivity contribution in [1.29, 1.82) is 0 Å². The van der Waals surface area contributed by atoms with Crippen molar-refractivity contribution in [3.05, 3.63) is 77.5 Å². The number of carbonyl (C=O) groups is 2. The number of hydrogen-bond donors (Lipinski definition) is 3. The van der Waals surface area contributed by atoms with Crippen molar-refractivity contribution in [1.82, 2.24) is 15.6 Å². The second-order valence-electron chi connectivity index (χ2n) is 8.35. The highest BCUT2D eigenvalue weighted by atomic mass is 19.4. The van der Waals surface area contributed by atoms with Crippen molar-refractivity contribution in [2.45, 2.75) is 31.1 Å². The molecule has 1 aliphatic carbocycles. The number of rotatable bonds is 10. The zero-order valence-corrected chi connectivity index (χ0v) is 19.7. The van der Waals surface area contributed by atoms with Crippen LogP contribution in [0.3, 0.4) is 0 Å². The van der Waals surface area contributed by atoms with Gasteiger partial charge in [0, 0.05) is 12.6 Å². The molecule has 4 N–H and O–H groups in total. The zero-order valence-electron chi connectivity index (χ0n) is 19.7. The van der Waals surface area contributed by atoms with E-state index in [9.17, 15) is 27.2 Å². The van der Waals surface area contributed by atoms with E-state index in [0.29, 0.717) is 18.4 Å². The summed E-state index contributed by atoms with van der Waals surface area (Å²) >= 11 is 0. The molecule has 9 nitrogen and oxygen atoms in total. The van der Waals surface area contributed by atoms with Crippen molar-refractivity contribution < 1.29 is 41.5 Å². The van der Waals surface area contributed by atoms with Gasteiger partial charge >= 0.3 is 6.18 Å². The van der Waals surface area contributed by atoms with Gasteiger partial charge in [-0.2, -0.15) is 19.1 Å². The van der Waals surface area contributed by atoms with Crippen LogP contribution in [0.15, 0.2) is 60.7 Å². The molecule has 38 heavy (non-hydrogen) atoms. The van der Waals surface area contributed by atoms with E-state index in [2.05, 4.69) is 25.2 Å². The first kappa shape index (κ1) is 26.7. The third-order valence-corrected chi connectivity index (χ3v) is 5.69. The lowest BCUT2D eigenvalue weighted by molar-refractivity contribution is -0.138. The van der Waals surface area contributed by atoms with E-state index in [1.807, 2.05) is 0 Å². The maximum atomic E-state index is 13.4. The largest absolute Gasteiger partial charge is 0.457 e. The maximum Gasteiger partial charge on any atom is 0.420 e. The third kappa shape index (κ3) is 6.29. The molecule has 0 aliphatic heterocycles. The Morgan fingerprint density at radius 2 is 1.74 bits per heavy atom. The summed E-state index contributed by atoms with van der Waals surface area (Å²) in [5.41, 5.74) is -1.52. The Bertz CT molecular complexity index is 1310. The molecule has 13 heteroatoms. The summed E-state index contributed by atoms with van der Waals surface area (Å²) in [7, 11) is 0. The number of benzene rings is 2. The summed E-state index contributed by atoms with van der Waals surface area (Å²) in [4.78, 5) is 33.6. The predicted octanol–water partition coefficient (Wildman–Crippen LogP) is 4.03. The molecule has 0 bridgehead atoms. The molecule has 0 spiro atoms. The Kier molecular flexibility index (Phi) is 7.67. The normalized spacial score (nSPS) is 13.8. The smallest absolute Gasteiger partial charge is 0.420 e. The Hall–Kier alpha value is -4.39. The van der Waals surface area contributed by atoms with Gasteiger partial charge in [0.05, 0.1) is 0 Å². The van der Waals surface area contributed by atoms with E-state index in [1.165, 1.54) is 36.4 Å². The number of nitrogens with two attached hydrogens (primary N) is 1. The molecule has 0 unspecified atom stereocenters. The van der Waals surface area contributed by atoms with Gasteiger partial charge in [0.25, 0.3) is 5.91 Å². The molecular formula is C25H22F4N4O5. The molecule has 0 radical (unpaired) electrons. The highest BCUT2D eigenvalue weighted by molar-refractivity contribution is 5.99. The molecule has 1 heterocycles. The maximum absolute atomic E-state index is 13.4. The fourth-order valence-electron chi connectivity index (χ4n) is 3.54. The van der Waals surface area contributed by atoms with Crippen LogP contribution >= 0.6 is 0 Å². The minimum absolute atomic E-state index is 0.0236. The van der Waals surface area contributed by atoms with E-state index in [4.69, 9.17) is 10.6 Å². The van der Waals surface area contributed by atoms with Gasteiger partial charge in [-0.1, -0.05) is 18.2 Å². The van der Waals surface area contributed by atoms with E-state index in [-0.39, 0.29) is 29.6 Å². The molecule has 4 rings (SSSR count). The molecule has 3 aromatic rings. The summed E-state index contributed by atoms with van der Waals surface area (Å²) in [6.45, 7) is -0.991. The summed E-state index contributed by atoms with van der Waals surface area (Å²) in [5, 5.41) is 5.40. The number of carbonyl (C=O) groups excluding carboxylic acids is 2. The molecule has 0 atom stereocenters. The van der Waals surface area contributed by atoms with Crippen molar-refractivity contribution in [2.24, 2.45) is 5.90 Å². The molecule has 1 aliphatic rings. The SMILES string of the molecule is NOc1ccc(Oc2ccc(CNC(=O)C3(NC(=O)c4cccc(OCF)n4)CC3)cc2)c(C(F)(F)F)c1. The van der Waals surface area contributed by atoms with Gasteiger partial charge in [-0.05, 0) is 54.8 Å². The van der Waals surface area contributed by atoms with Crippen LogP contribution in [0.2, 0.25) is 0 Å². The summed E-state index contributed by atoms with van der Waals surface area (Å²) < 4.78 is 62.5. The standard InChI is InChI=1S/C25H22F4N4O5/c26-14-36-21-3-1-2-19(32-21)22(34)33-24(10-11-24)23(35)31-13-15-4-6-16(7-5-15)37-20-9-8-17(38-30)12-18(20)25(27,28)29/h1-9,12H,10-11,13-14,30H2,(H,31,35)(H,33,34). The lowest BCUT2D eigenvalue weighted by atomic mass is 10.1. The van der Waals surface area contributed by atoms with E-state index in [1.54, 1.807) is 12.1 Å². The third-order valence-electron chi connectivity index (χ3n) is 5.69. The number of amides is 2. The van der Waals surface area contributed by atoms with Crippen molar-refractivity contribution in [3.8, 4) is 23.1 Å². The van der Waals surface area contributed by atoms with Crippen LogP contribution in [0, 0.1) is 0 Å². The first-order chi connectivity index (χ1) is 18.1. The second-order valence-corrected chi connectivity index (χ2v) is 8.35. The number of pyridine rings is 1. The number of aromatic nitrogens is 1. The lowest BCUT2D eigenvalue weighted by Gasteiger charge is -2.17. The predicted molar refractivity (Wildman–Crippen MR) is 125 cm³/mol. The van der Waals surface area contributed by atoms with Gasteiger partial charge in [-0.3, -0.25) is 9.59 Å². The number of halogens is 4. The topological polar surface area (TPSA) is 125 Å². The lowest BCUT2D eigenvalue weighted by Crippen LogP contribution is -2.49. The first-order valence-electron chi connectivity index (χ1n) is 11.2. The number of alkyl halides is 4. The molecule has 1 saturated carbocycles. The molecular weight excluding hydrogens is 512 g/mol. The molecule has 2 aromatic carbocycles. The first-order valence-corrected chi connectivity index (χ1v) is 11.2. The molecule has 0 saturated heterocycles. The van der Waals surface area contributed by atoms with Crippen LogP contribution in [-0.4, -0.2) is 29.2 Å². The Morgan fingerprint density at radius 3 is 2.37 bits per heavy atom. The summed E-state index contributed by atoms with van der Waals surface area (Å²) in [6.07, 6.45) is -3.84. The second kappa shape index (κ2) is 10.9. The Balaban J connectivity index is 1.35. The zero-order chi connectivity index (χ0) is 27.3. The number of ether oxygens (including phenoxy) is 2. The average molecular weight is 534 g/mol. The molecule has 2 amide bonds. The van der Waals surface area contributed by atoms with E-state index in [0.717, 1.165) is 12.1 Å². The van der Waals surface area contributed by atoms with Crippen molar-refractivity contribution >= 4 is 11.8 Å². The molecule has 1 fully saturated rings. The van der Waals surface area contributed by atoms with Gasteiger partial charge in [0.1, 0.15) is 34.0 Å². The van der Waals surface area contributed by atoms with Crippen molar-refractivity contribution in [3.63, 3.8) is 0 Å². The number of nitrogens with zero attached hydrogens (tertiary/aromatic N) is 1. The monoisotopic (exact) mass is 534 g/mol. The van der Waals surface area contributed by atoms with Crippen LogP contribution < -0.4 is 30.8 Å². The van der Waals surface area contributed by atoms with E-state index >= 15 is 0 Å². The van der Waals surface area contributed by atoms with Gasteiger partial charge < -0.3 is 24.9 Å². The van der Waals surface area contributed by atoms with Gasteiger partial charge in [0.15, 0.2) is 0 Å². The summed E-state index contributed by atoms with van der Waals surface area (Å²) in [6, 6.07) is 13.4. The average Bonchev–Trinajstić information content (AvgIpc) is 3.68. The van der Waals surface area contributed by atoms with Gasteiger partial charge in [-0.15, -0.1) is 0 Å². The minimum atomic E-state index is -4.69. The number of nitrogens with one attached hydrogen (secondary N) is 2. The fraction of sp³-hybridized carbons (Fsp3) is 0.240. The van der Waals surface area contributed by atoms with Crippen LogP contribution in [0.1, 0.15) is 34.5 Å². The fourth-order valence-corrected chi connectivity index (χ4v) is 3.54. The van der Waals surface area contributed by atoms with Crippen LogP contribution in [0.5, 0.6) is 23.1 Å². The number of hydrogen-bond acceptors (Lipinski definition) is 7. The summed E-state index contributed by atoms with van der Waals surface area (Å²) in [5.74, 6) is 3.43. The molecule has 1 aromatic heterocycles. The van der Waals surface area contributed by atoms with Crippen LogP contribution in [0.4, 0.5) is 17.6 Å². The van der Waals surface area contributed by atoms with Crippen LogP contribution in [0.25, 0.3) is 0 Å². The molecule has 200 valence electrons. The van der Waals surface area contributed by atoms with Gasteiger partial charge in [-0.25, -0.2) is 9.37 Å². The van der Waals surface area contributed by atoms with Crippen LogP contribution in [-0.2, 0) is 17.5 Å². The van der Waals surface area contributed by atoms with E-state index < -0.39 is 41.7 Å². The quantitative estimate of drug-likeness (QED) is 0.265.